The van der Waals surface area contributed by atoms with Gasteiger partial charge in [-0.3, -0.25) is 9.59 Å². The van der Waals surface area contributed by atoms with E-state index in [-0.39, 0.29) is 11.5 Å². The van der Waals surface area contributed by atoms with E-state index < -0.39 is 18.0 Å². The molecule has 0 saturated carbocycles. The summed E-state index contributed by atoms with van der Waals surface area (Å²) in [5.74, 6) is -0.809. The first kappa shape index (κ1) is 20.4. The van der Waals surface area contributed by atoms with Gasteiger partial charge in [-0.2, -0.15) is 0 Å². The lowest BCUT2D eigenvalue weighted by atomic mass is 10.2. The Bertz CT molecular complexity index is 852. The van der Waals surface area contributed by atoms with Crippen molar-refractivity contribution in [3.63, 3.8) is 0 Å². The molecule has 0 saturated heterocycles. The van der Waals surface area contributed by atoms with Gasteiger partial charge in [-0.15, -0.1) is 0 Å². The minimum Gasteiger partial charge on any atom is -0.497 e. The molecule has 0 aromatic heterocycles. The lowest BCUT2D eigenvalue weighted by molar-refractivity contribution is -0.123. The summed E-state index contributed by atoms with van der Waals surface area (Å²) in [6.07, 6.45) is -1.01. The Hall–Kier alpha value is -2.87. The Kier molecular flexibility index (Phi) is 6.95. The maximum absolute atomic E-state index is 12.3. The number of methoxy groups -OCH3 is 1. The van der Waals surface area contributed by atoms with E-state index in [9.17, 15) is 14.4 Å². The van der Waals surface area contributed by atoms with Gasteiger partial charge in [0, 0.05) is 22.8 Å². The van der Waals surface area contributed by atoms with E-state index in [0.29, 0.717) is 21.6 Å². The zero-order valence-corrected chi connectivity index (χ0v) is 16.6. The molecule has 7 nitrogen and oxygen atoms in total. The van der Waals surface area contributed by atoms with Crippen LogP contribution in [-0.2, 0) is 14.3 Å². The van der Waals surface area contributed by atoms with Gasteiger partial charge in [0.25, 0.3) is 5.91 Å². The minimum atomic E-state index is -1.01. The number of ether oxygens (including phenoxy) is 2. The summed E-state index contributed by atoms with van der Waals surface area (Å²) in [6, 6.07) is 11.5. The molecule has 0 radical (unpaired) electrons. The molecule has 0 bridgehead atoms. The van der Waals surface area contributed by atoms with Crippen molar-refractivity contribution >= 4 is 45.1 Å². The van der Waals surface area contributed by atoms with Gasteiger partial charge in [-0.1, -0.05) is 0 Å². The first-order chi connectivity index (χ1) is 12.8. The summed E-state index contributed by atoms with van der Waals surface area (Å²) >= 11 is 3.28. The summed E-state index contributed by atoms with van der Waals surface area (Å²) in [6.45, 7) is 2.89. The monoisotopic (exact) mass is 434 g/mol. The zero-order valence-electron chi connectivity index (χ0n) is 15.0. The number of carbonyl (C=O) groups excluding carboxylic acids is 3. The van der Waals surface area contributed by atoms with Crippen LogP contribution in [0.2, 0.25) is 0 Å². The molecule has 1 atom stereocenters. The normalized spacial score (nSPS) is 11.3. The van der Waals surface area contributed by atoms with E-state index >= 15 is 0 Å². The van der Waals surface area contributed by atoms with Crippen LogP contribution in [0.15, 0.2) is 46.9 Å². The van der Waals surface area contributed by atoms with Crippen molar-refractivity contribution in [2.75, 3.05) is 17.7 Å². The number of nitrogens with one attached hydrogen (secondary N) is 2. The molecule has 0 spiro atoms. The fraction of sp³-hybridized carbons (Fsp3) is 0.211. The van der Waals surface area contributed by atoms with Crippen LogP contribution in [0.25, 0.3) is 0 Å². The van der Waals surface area contributed by atoms with Crippen LogP contribution >= 0.6 is 15.9 Å². The highest BCUT2D eigenvalue weighted by Crippen LogP contribution is 2.23. The highest BCUT2D eigenvalue weighted by molar-refractivity contribution is 9.10. The van der Waals surface area contributed by atoms with Crippen molar-refractivity contribution in [2.24, 2.45) is 0 Å². The summed E-state index contributed by atoms with van der Waals surface area (Å²) in [7, 11) is 1.49. The molecule has 2 N–H and O–H groups in total. The molecule has 2 amide bonds. The zero-order chi connectivity index (χ0) is 20.0. The molecular formula is C19H19BrN2O5. The molecule has 8 heteroatoms. The smallest absolute Gasteiger partial charge is 0.340 e. The fourth-order valence-corrected chi connectivity index (χ4v) is 2.56. The van der Waals surface area contributed by atoms with Crippen LogP contribution in [0.1, 0.15) is 24.2 Å². The third kappa shape index (κ3) is 5.82. The Morgan fingerprint density at radius 2 is 1.59 bits per heavy atom. The lowest BCUT2D eigenvalue weighted by Gasteiger charge is -2.15. The van der Waals surface area contributed by atoms with Crippen LogP contribution in [0.3, 0.4) is 0 Å². The number of halogens is 1. The van der Waals surface area contributed by atoms with Crippen molar-refractivity contribution < 1.29 is 23.9 Å². The molecule has 0 aliphatic rings. The largest absolute Gasteiger partial charge is 0.497 e. The van der Waals surface area contributed by atoms with E-state index in [1.54, 1.807) is 36.4 Å². The maximum Gasteiger partial charge on any atom is 0.340 e. The maximum atomic E-state index is 12.3. The third-order valence-corrected chi connectivity index (χ3v) is 4.21. The predicted molar refractivity (Wildman–Crippen MR) is 105 cm³/mol. The molecule has 2 aromatic carbocycles. The molecular weight excluding hydrogens is 416 g/mol. The second-order valence-electron chi connectivity index (χ2n) is 5.64. The quantitative estimate of drug-likeness (QED) is 0.677. The molecule has 27 heavy (non-hydrogen) atoms. The van der Waals surface area contributed by atoms with Crippen LogP contribution in [-0.4, -0.2) is 31.0 Å². The summed E-state index contributed by atoms with van der Waals surface area (Å²) in [5, 5.41) is 5.28. The van der Waals surface area contributed by atoms with Crippen molar-refractivity contribution in [2.45, 2.75) is 20.0 Å². The van der Waals surface area contributed by atoms with Crippen LogP contribution in [0, 0.1) is 0 Å². The van der Waals surface area contributed by atoms with Crippen LogP contribution in [0.4, 0.5) is 11.4 Å². The van der Waals surface area contributed by atoms with Crippen molar-refractivity contribution in [1.82, 2.24) is 0 Å². The first-order valence-electron chi connectivity index (χ1n) is 8.03. The number of hydrogen-bond donors (Lipinski definition) is 2. The topological polar surface area (TPSA) is 93.7 Å². The molecule has 142 valence electrons. The number of carbonyl (C=O) groups is 3. The second kappa shape index (κ2) is 9.18. The van der Waals surface area contributed by atoms with Crippen molar-refractivity contribution in [3.8, 4) is 5.75 Å². The Morgan fingerprint density at radius 1 is 1.00 bits per heavy atom. The van der Waals surface area contributed by atoms with E-state index in [1.165, 1.54) is 27.0 Å². The Morgan fingerprint density at radius 3 is 2.15 bits per heavy atom. The van der Waals surface area contributed by atoms with Gasteiger partial charge in [0.2, 0.25) is 5.91 Å². The van der Waals surface area contributed by atoms with Gasteiger partial charge in [0.15, 0.2) is 6.10 Å². The number of anilines is 2. The van der Waals surface area contributed by atoms with Gasteiger partial charge < -0.3 is 20.1 Å². The second-order valence-corrected chi connectivity index (χ2v) is 6.50. The number of benzene rings is 2. The van der Waals surface area contributed by atoms with Crippen LogP contribution in [0.5, 0.6) is 5.75 Å². The molecule has 2 rings (SSSR count). The number of hydrogen-bond acceptors (Lipinski definition) is 5. The Labute approximate surface area is 165 Å². The molecule has 1 unspecified atom stereocenters. The van der Waals surface area contributed by atoms with E-state index in [2.05, 4.69) is 26.6 Å². The highest BCUT2D eigenvalue weighted by Gasteiger charge is 2.21. The summed E-state index contributed by atoms with van der Waals surface area (Å²) in [4.78, 5) is 35.6. The molecule has 0 heterocycles. The minimum absolute atomic E-state index is 0.184. The van der Waals surface area contributed by atoms with Gasteiger partial charge in [-0.25, -0.2) is 4.79 Å². The lowest BCUT2D eigenvalue weighted by Crippen LogP contribution is -2.30. The van der Waals surface area contributed by atoms with Crippen molar-refractivity contribution in [1.29, 1.82) is 0 Å². The molecule has 2 aromatic rings. The summed E-state index contributed by atoms with van der Waals surface area (Å²) in [5.41, 5.74) is 1.39. The van der Waals surface area contributed by atoms with Gasteiger partial charge in [0.05, 0.1) is 12.7 Å². The average Bonchev–Trinajstić information content (AvgIpc) is 2.63. The molecule has 0 aliphatic carbocycles. The fourth-order valence-electron chi connectivity index (χ4n) is 2.15. The van der Waals surface area contributed by atoms with E-state index in [4.69, 9.17) is 9.47 Å². The van der Waals surface area contributed by atoms with Gasteiger partial charge in [0.1, 0.15) is 5.75 Å². The van der Waals surface area contributed by atoms with Crippen molar-refractivity contribution in [3.05, 3.63) is 52.5 Å². The predicted octanol–water partition coefficient (Wildman–Crippen LogP) is 3.60. The standard InChI is InChI=1S/C19H19BrN2O5/c1-11(27-19(25)16-10-15(26-3)8-9-17(16)20)18(24)22-14-6-4-13(5-7-14)21-12(2)23/h4-11H,1-3H3,(H,21,23)(H,22,24). The summed E-state index contributed by atoms with van der Waals surface area (Å²) < 4.78 is 10.9. The highest BCUT2D eigenvalue weighted by atomic mass is 79.9. The third-order valence-electron chi connectivity index (χ3n) is 3.52. The molecule has 0 fully saturated rings. The van der Waals surface area contributed by atoms with E-state index in [0.717, 1.165) is 0 Å². The number of rotatable bonds is 6. The van der Waals surface area contributed by atoms with Gasteiger partial charge >= 0.3 is 5.97 Å². The molecule has 0 aliphatic heterocycles. The SMILES string of the molecule is COc1ccc(Br)c(C(=O)OC(C)C(=O)Nc2ccc(NC(C)=O)cc2)c1. The van der Waals surface area contributed by atoms with E-state index in [1.807, 2.05) is 0 Å². The number of amides is 2. The van der Waals surface area contributed by atoms with Gasteiger partial charge in [-0.05, 0) is 65.3 Å². The average molecular weight is 435 g/mol. The van der Waals surface area contributed by atoms with Crippen LogP contribution < -0.4 is 15.4 Å². The number of esters is 1. The first-order valence-corrected chi connectivity index (χ1v) is 8.82. The Balaban J connectivity index is 1.99.